The molecule has 2 heterocycles. The maximum Gasteiger partial charge on any atom is 0.246 e. The lowest BCUT2D eigenvalue weighted by molar-refractivity contribution is -0.128. The third kappa shape index (κ3) is 3.97. The summed E-state index contributed by atoms with van der Waals surface area (Å²) in [5, 5.41) is -0.487. The highest BCUT2D eigenvalue weighted by Crippen LogP contribution is 2.22. The van der Waals surface area contributed by atoms with Crippen LogP contribution in [0.25, 0.3) is 6.08 Å². The van der Waals surface area contributed by atoms with Crippen LogP contribution < -0.4 is 4.72 Å². The summed E-state index contributed by atoms with van der Waals surface area (Å²) in [6.07, 6.45) is 10.5. The van der Waals surface area contributed by atoms with Gasteiger partial charge in [0.15, 0.2) is 0 Å². The van der Waals surface area contributed by atoms with Gasteiger partial charge in [-0.2, -0.15) is 0 Å². The molecular formula is C16H21N3O3S. The van der Waals surface area contributed by atoms with E-state index < -0.39 is 15.3 Å². The van der Waals surface area contributed by atoms with Crippen molar-refractivity contribution in [2.24, 2.45) is 0 Å². The number of hydrogen-bond donors (Lipinski definition) is 1. The largest absolute Gasteiger partial charge is 0.336 e. The molecule has 1 saturated heterocycles. The van der Waals surface area contributed by atoms with E-state index in [0.717, 1.165) is 31.2 Å². The van der Waals surface area contributed by atoms with Crippen LogP contribution in [-0.4, -0.2) is 48.6 Å². The molecule has 7 heteroatoms. The summed E-state index contributed by atoms with van der Waals surface area (Å²) in [5.41, 5.74) is 0.841. The number of amides is 1. The Morgan fingerprint density at radius 3 is 2.70 bits per heavy atom. The van der Waals surface area contributed by atoms with Crippen molar-refractivity contribution in [2.75, 3.05) is 13.1 Å². The van der Waals surface area contributed by atoms with E-state index in [9.17, 15) is 13.2 Å². The zero-order chi connectivity index (χ0) is 16.3. The van der Waals surface area contributed by atoms with Crippen LogP contribution in [0.3, 0.4) is 0 Å². The molecule has 1 amide bonds. The Bertz CT molecular complexity index is 676. The standard InChI is InChI=1S/C16H21N3O3S/c20-16(8-7-13-4-3-9-17-10-13)19-11-15(12-19)23(21,22)18-14-5-1-2-6-14/h3-4,7-10,14-15,18H,1-2,5-6,11-12H2/b8-7+. The number of carbonyl (C=O) groups excluding carboxylic acids is 1. The molecule has 2 fully saturated rings. The van der Waals surface area contributed by atoms with Gasteiger partial charge < -0.3 is 4.90 Å². The van der Waals surface area contributed by atoms with Crippen LogP contribution in [0.4, 0.5) is 0 Å². The number of aromatic nitrogens is 1. The number of nitrogens with one attached hydrogen (secondary N) is 1. The van der Waals surface area contributed by atoms with Gasteiger partial charge in [0, 0.05) is 37.6 Å². The van der Waals surface area contributed by atoms with Crippen LogP contribution in [0.5, 0.6) is 0 Å². The third-order valence-electron chi connectivity index (χ3n) is 4.39. The minimum absolute atomic E-state index is 0.0789. The van der Waals surface area contributed by atoms with Crippen molar-refractivity contribution in [2.45, 2.75) is 37.0 Å². The van der Waals surface area contributed by atoms with Gasteiger partial charge in [0.2, 0.25) is 15.9 Å². The molecule has 0 atom stereocenters. The smallest absolute Gasteiger partial charge is 0.246 e. The lowest BCUT2D eigenvalue weighted by Crippen LogP contribution is -2.59. The Morgan fingerprint density at radius 2 is 2.04 bits per heavy atom. The zero-order valence-corrected chi connectivity index (χ0v) is 13.7. The van der Waals surface area contributed by atoms with Gasteiger partial charge in [-0.25, -0.2) is 13.1 Å². The summed E-state index contributed by atoms with van der Waals surface area (Å²) in [7, 11) is -3.32. The van der Waals surface area contributed by atoms with E-state index in [1.807, 2.05) is 6.07 Å². The van der Waals surface area contributed by atoms with Gasteiger partial charge in [0.05, 0.1) is 0 Å². The fraction of sp³-hybridized carbons (Fsp3) is 0.500. The van der Waals surface area contributed by atoms with Crippen LogP contribution in [0.1, 0.15) is 31.2 Å². The third-order valence-corrected chi connectivity index (χ3v) is 6.23. The number of rotatable bonds is 5. The van der Waals surface area contributed by atoms with E-state index in [0.29, 0.717) is 0 Å². The van der Waals surface area contributed by atoms with Gasteiger partial charge in [0.1, 0.15) is 5.25 Å². The Morgan fingerprint density at radius 1 is 1.30 bits per heavy atom. The monoisotopic (exact) mass is 335 g/mol. The topological polar surface area (TPSA) is 79.4 Å². The molecule has 0 aromatic carbocycles. The van der Waals surface area contributed by atoms with Gasteiger partial charge in [-0.3, -0.25) is 9.78 Å². The fourth-order valence-electron chi connectivity index (χ4n) is 2.93. The molecule has 0 bridgehead atoms. The molecule has 1 aromatic rings. The molecule has 0 spiro atoms. The van der Waals surface area contributed by atoms with E-state index in [1.165, 1.54) is 6.08 Å². The lowest BCUT2D eigenvalue weighted by atomic mass is 10.2. The number of pyridine rings is 1. The maximum absolute atomic E-state index is 12.2. The van der Waals surface area contributed by atoms with Crippen molar-refractivity contribution in [1.29, 1.82) is 0 Å². The van der Waals surface area contributed by atoms with Crippen LogP contribution in [0, 0.1) is 0 Å². The second-order valence-electron chi connectivity index (χ2n) is 6.13. The first-order valence-corrected chi connectivity index (χ1v) is 9.47. The van der Waals surface area contributed by atoms with Gasteiger partial charge >= 0.3 is 0 Å². The second kappa shape index (κ2) is 6.80. The van der Waals surface area contributed by atoms with Crippen LogP contribution in [0.2, 0.25) is 0 Å². The average Bonchev–Trinajstić information content (AvgIpc) is 2.96. The molecule has 124 valence electrons. The highest BCUT2D eigenvalue weighted by molar-refractivity contribution is 7.90. The zero-order valence-electron chi connectivity index (χ0n) is 12.9. The van der Waals surface area contributed by atoms with Crippen LogP contribution >= 0.6 is 0 Å². The average molecular weight is 335 g/mol. The Kier molecular flexibility index (Phi) is 4.77. The molecule has 1 saturated carbocycles. The van der Waals surface area contributed by atoms with E-state index in [4.69, 9.17) is 0 Å². The van der Waals surface area contributed by atoms with E-state index in [2.05, 4.69) is 9.71 Å². The highest BCUT2D eigenvalue weighted by atomic mass is 32.2. The first kappa shape index (κ1) is 16.1. The van der Waals surface area contributed by atoms with Crippen molar-refractivity contribution in [3.05, 3.63) is 36.2 Å². The summed E-state index contributed by atoms with van der Waals surface area (Å²) in [5.74, 6) is -0.166. The molecule has 1 aliphatic carbocycles. The highest BCUT2D eigenvalue weighted by Gasteiger charge is 2.40. The molecule has 0 radical (unpaired) electrons. The predicted octanol–water partition coefficient (Wildman–Crippen LogP) is 1.17. The van der Waals surface area contributed by atoms with Gasteiger partial charge in [0.25, 0.3) is 0 Å². The molecule has 2 aliphatic rings. The molecule has 23 heavy (non-hydrogen) atoms. The van der Waals surface area contributed by atoms with E-state index in [-0.39, 0.29) is 25.0 Å². The first-order chi connectivity index (χ1) is 11.0. The van der Waals surface area contributed by atoms with Crippen LogP contribution in [0.15, 0.2) is 30.6 Å². The minimum atomic E-state index is -3.32. The number of carbonyl (C=O) groups is 1. The quantitative estimate of drug-likeness (QED) is 0.819. The number of sulfonamides is 1. The van der Waals surface area contributed by atoms with Crippen molar-refractivity contribution >= 4 is 22.0 Å². The summed E-state index contributed by atoms with van der Waals surface area (Å²) in [6, 6.07) is 3.73. The minimum Gasteiger partial charge on any atom is -0.336 e. The van der Waals surface area contributed by atoms with Gasteiger partial charge in [-0.05, 0) is 30.5 Å². The predicted molar refractivity (Wildman–Crippen MR) is 88.0 cm³/mol. The normalized spacial score (nSPS) is 20.1. The van der Waals surface area contributed by atoms with Crippen molar-refractivity contribution < 1.29 is 13.2 Å². The molecule has 1 aromatic heterocycles. The number of hydrogen-bond acceptors (Lipinski definition) is 4. The van der Waals surface area contributed by atoms with E-state index >= 15 is 0 Å². The Labute approximate surface area is 136 Å². The number of likely N-dealkylation sites (tertiary alicyclic amines) is 1. The summed E-state index contributed by atoms with van der Waals surface area (Å²) < 4.78 is 27.3. The molecule has 1 N–H and O–H groups in total. The van der Waals surface area contributed by atoms with Crippen molar-refractivity contribution in [3.63, 3.8) is 0 Å². The molecule has 3 rings (SSSR count). The molecular weight excluding hydrogens is 314 g/mol. The second-order valence-corrected chi connectivity index (χ2v) is 8.12. The Hall–Kier alpha value is -1.73. The van der Waals surface area contributed by atoms with Crippen molar-refractivity contribution in [1.82, 2.24) is 14.6 Å². The van der Waals surface area contributed by atoms with E-state index in [1.54, 1.807) is 29.4 Å². The maximum atomic E-state index is 12.2. The number of nitrogens with zero attached hydrogens (tertiary/aromatic N) is 2. The lowest BCUT2D eigenvalue weighted by Gasteiger charge is -2.38. The molecule has 0 unspecified atom stereocenters. The first-order valence-electron chi connectivity index (χ1n) is 7.93. The fourth-order valence-corrected chi connectivity index (χ4v) is 4.58. The van der Waals surface area contributed by atoms with Crippen LogP contribution in [-0.2, 0) is 14.8 Å². The SMILES string of the molecule is O=C(/C=C/c1cccnc1)N1CC(S(=O)(=O)NC2CCCC2)C1. The summed E-state index contributed by atoms with van der Waals surface area (Å²) in [4.78, 5) is 17.5. The van der Waals surface area contributed by atoms with Gasteiger partial charge in [-0.1, -0.05) is 18.9 Å². The summed E-state index contributed by atoms with van der Waals surface area (Å²) in [6.45, 7) is 0.524. The molecule has 6 nitrogen and oxygen atoms in total. The molecule has 1 aliphatic heterocycles. The summed E-state index contributed by atoms with van der Waals surface area (Å²) >= 11 is 0. The van der Waals surface area contributed by atoms with Crippen molar-refractivity contribution in [3.8, 4) is 0 Å². The van der Waals surface area contributed by atoms with Gasteiger partial charge in [-0.15, -0.1) is 0 Å². The Balaban J connectivity index is 1.50.